The van der Waals surface area contributed by atoms with Gasteiger partial charge < -0.3 is 0 Å². The molecule has 25 heavy (non-hydrogen) atoms. The first kappa shape index (κ1) is 17.2. The van der Waals surface area contributed by atoms with Gasteiger partial charge in [-0.2, -0.15) is 0 Å². The van der Waals surface area contributed by atoms with Crippen LogP contribution < -0.4 is 9.64 Å². The molecule has 1 aromatic heterocycles. The molecule has 0 fully saturated rings. The van der Waals surface area contributed by atoms with Crippen LogP contribution in [0.1, 0.15) is 5.82 Å². The van der Waals surface area contributed by atoms with Gasteiger partial charge in [-0.3, -0.25) is 0 Å². The van der Waals surface area contributed by atoms with E-state index in [2.05, 4.69) is 19.8 Å². The molecule has 5 nitrogen and oxygen atoms in total. The molecule has 0 atom stereocenters. The number of nitrogens with zero attached hydrogens (tertiary/aromatic N) is 4. The molecule has 0 amide bonds. The average molecular weight is 397 g/mol. The van der Waals surface area contributed by atoms with E-state index >= 15 is 0 Å². The number of aryl methyl sites for hydroxylation is 1. The minimum absolute atomic E-state index is 0.00604. The Morgan fingerprint density at radius 2 is 1.88 bits per heavy atom. The molecule has 0 saturated carbocycles. The molecule has 6 heteroatoms. The first-order chi connectivity index (χ1) is 12.2. The van der Waals surface area contributed by atoms with Crippen molar-refractivity contribution in [3.8, 4) is 10.7 Å². The number of hydrogen-bond donors (Lipinski definition) is 0. The quantitative estimate of drug-likeness (QED) is 0.469. The molecule has 0 radical (unpaired) electrons. The van der Waals surface area contributed by atoms with E-state index in [0.29, 0.717) is 6.61 Å². The van der Waals surface area contributed by atoms with Gasteiger partial charge in [-0.25, -0.2) is 0 Å². The van der Waals surface area contributed by atoms with Gasteiger partial charge in [-0.15, -0.1) is 0 Å². The van der Waals surface area contributed by atoms with Crippen molar-refractivity contribution in [3.63, 3.8) is 0 Å². The third-order valence-electron chi connectivity index (χ3n) is 3.76. The number of hydrogen-bond acceptors (Lipinski definition) is 5. The first-order valence-electron chi connectivity index (χ1n) is 7.90. The van der Waals surface area contributed by atoms with Crippen molar-refractivity contribution in [1.29, 1.82) is 5.26 Å². The number of ether oxygens (including phenoxy) is 1. The molecule has 0 spiro atoms. The average Bonchev–Trinajstić information content (AvgIpc) is 2.64. The van der Waals surface area contributed by atoms with E-state index in [1.807, 2.05) is 62.5 Å². The maximum atomic E-state index is 8.57. The van der Waals surface area contributed by atoms with Crippen molar-refractivity contribution in [2.75, 3.05) is 18.6 Å². The van der Waals surface area contributed by atoms with E-state index in [9.17, 15) is 0 Å². The number of fused-ring (bicyclic) bond motifs is 1. The van der Waals surface area contributed by atoms with Crippen LogP contribution in [0, 0.1) is 17.2 Å². The second kappa shape index (κ2) is 7.98. The molecule has 0 bridgehead atoms. The summed E-state index contributed by atoms with van der Waals surface area (Å²) in [7, 11) is 2.00. The summed E-state index contributed by atoms with van der Waals surface area (Å²) >= 11 is 0.00604. The Kier molecular flexibility index (Phi) is 5.49. The monoisotopic (exact) mass is 398 g/mol. The van der Waals surface area contributed by atoms with Crippen molar-refractivity contribution in [1.82, 2.24) is 9.97 Å². The Morgan fingerprint density at radius 1 is 1.12 bits per heavy atom. The van der Waals surface area contributed by atoms with Crippen molar-refractivity contribution in [2.45, 2.75) is 12.2 Å². The van der Waals surface area contributed by atoms with Gasteiger partial charge in [0.15, 0.2) is 0 Å². The van der Waals surface area contributed by atoms with Crippen molar-refractivity contribution < 1.29 is 4.74 Å². The van der Waals surface area contributed by atoms with E-state index in [0.717, 1.165) is 39.3 Å². The Bertz CT molecular complexity index is 905. The van der Waals surface area contributed by atoms with Crippen LogP contribution in [0.2, 0.25) is 5.32 Å². The number of aromatic nitrogens is 2. The molecule has 0 aliphatic heterocycles. The summed E-state index contributed by atoms with van der Waals surface area (Å²) < 4.78 is 5.66. The summed E-state index contributed by atoms with van der Waals surface area (Å²) in [5, 5.41) is 10.4. The predicted octanol–water partition coefficient (Wildman–Crippen LogP) is 3.69. The van der Waals surface area contributed by atoms with Gasteiger partial charge in [0.1, 0.15) is 0 Å². The molecule has 0 saturated heterocycles. The second-order valence-corrected chi connectivity index (χ2v) is 7.30. The second-order valence-electron chi connectivity index (χ2n) is 5.45. The summed E-state index contributed by atoms with van der Waals surface area (Å²) in [5.74, 6) is 2.45. The third kappa shape index (κ3) is 4.08. The topological polar surface area (TPSA) is 62.0 Å². The number of rotatable bonds is 6. The fourth-order valence-electron chi connectivity index (χ4n) is 2.56. The zero-order valence-corrected chi connectivity index (χ0v) is 15.9. The van der Waals surface area contributed by atoms with Crippen molar-refractivity contribution >= 4 is 37.4 Å². The molecule has 0 unspecified atom stereocenters. The molecular formula is C19H18N4OSe. The SMILES string of the molecule is Cc1nc(N(C)c2ccc(OCC[Se]C#N)cc2)c2ccccc2n1. The summed E-state index contributed by atoms with van der Waals surface area (Å²) in [6.07, 6.45) is 0. The van der Waals surface area contributed by atoms with Crippen molar-refractivity contribution in [3.05, 3.63) is 54.4 Å². The van der Waals surface area contributed by atoms with Crippen LogP contribution in [0.15, 0.2) is 48.5 Å². The Balaban J connectivity index is 1.82. The van der Waals surface area contributed by atoms with Crippen LogP contribution in [-0.2, 0) is 0 Å². The number of benzene rings is 2. The normalized spacial score (nSPS) is 10.4. The van der Waals surface area contributed by atoms with Gasteiger partial charge in [-0.1, -0.05) is 6.07 Å². The number of para-hydroxylation sites is 1. The van der Waals surface area contributed by atoms with E-state index < -0.39 is 0 Å². The molecule has 3 rings (SSSR count). The third-order valence-corrected chi connectivity index (χ3v) is 4.80. The summed E-state index contributed by atoms with van der Waals surface area (Å²) in [6, 6.07) is 15.9. The number of nitriles is 1. The molecule has 0 aliphatic rings. The zero-order valence-electron chi connectivity index (χ0n) is 14.1. The van der Waals surface area contributed by atoms with Gasteiger partial charge in [0.25, 0.3) is 0 Å². The standard InChI is InChI=1S/C19H18N4OSe/c1-14-21-18-6-4-3-5-17(18)19(22-14)23(2)15-7-9-16(10-8-15)24-11-12-25-13-20/h3-10H,11-12H2,1-2H3. The van der Waals surface area contributed by atoms with Crippen LogP contribution in [0.3, 0.4) is 0 Å². The zero-order chi connectivity index (χ0) is 17.6. The molecule has 3 aromatic rings. The molecule has 1 heterocycles. The van der Waals surface area contributed by atoms with Gasteiger partial charge in [-0.05, 0) is 0 Å². The van der Waals surface area contributed by atoms with E-state index in [1.165, 1.54) is 0 Å². The molecular weight excluding hydrogens is 379 g/mol. The van der Waals surface area contributed by atoms with E-state index in [-0.39, 0.29) is 15.0 Å². The molecule has 0 N–H and O–H groups in total. The Hall–Kier alpha value is -2.61. The molecule has 126 valence electrons. The fraction of sp³-hybridized carbons (Fsp3) is 0.211. The van der Waals surface area contributed by atoms with Gasteiger partial charge in [0, 0.05) is 0 Å². The summed E-state index contributed by atoms with van der Waals surface area (Å²) in [4.78, 5) is 13.4. The minimum atomic E-state index is 0.00604. The molecule has 0 aliphatic carbocycles. The Morgan fingerprint density at radius 3 is 2.64 bits per heavy atom. The van der Waals surface area contributed by atoms with Crippen LogP contribution >= 0.6 is 0 Å². The van der Waals surface area contributed by atoms with Crippen LogP contribution in [-0.4, -0.2) is 38.6 Å². The summed E-state index contributed by atoms with van der Waals surface area (Å²) in [5.41, 5.74) is 1.97. The maximum absolute atomic E-state index is 8.57. The van der Waals surface area contributed by atoms with Gasteiger partial charge in [0.2, 0.25) is 0 Å². The Labute approximate surface area is 153 Å². The van der Waals surface area contributed by atoms with Crippen molar-refractivity contribution in [2.24, 2.45) is 0 Å². The van der Waals surface area contributed by atoms with Crippen LogP contribution in [0.4, 0.5) is 11.5 Å². The van der Waals surface area contributed by atoms with E-state index in [1.54, 1.807) is 0 Å². The fourth-order valence-corrected chi connectivity index (χ4v) is 3.10. The molecule has 2 aromatic carbocycles. The first-order valence-corrected chi connectivity index (χ1v) is 9.96. The van der Waals surface area contributed by atoms with E-state index in [4.69, 9.17) is 10.00 Å². The predicted molar refractivity (Wildman–Crippen MR) is 100 cm³/mol. The van der Waals surface area contributed by atoms with Crippen LogP contribution in [0.25, 0.3) is 10.9 Å². The van der Waals surface area contributed by atoms with Crippen LogP contribution in [0.5, 0.6) is 5.75 Å². The summed E-state index contributed by atoms with van der Waals surface area (Å²) in [6.45, 7) is 2.49. The van der Waals surface area contributed by atoms with Gasteiger partial charge >= 0.3 is 147 Å². The number of anilines is 2. The van der Waals surface area contributed by atoms with Gasteiger partial charge in [0.05, 0.1) is 0 Å².